The zero-order valence-corrected chi connectivity index (χ0v) is 16.2. The molecule has 3 aromatic rings. The molecule has 28 heavy (non-hydrogen) atoms. The number of carbonyl (C=O) groups is 1. The Morgan fingerprint density at radius 2 is 1.89 bits per heavy atom. The van der Waals surface area contributed by atoms with Gasteiger partial charge in [-0.05, 0) is 37.3 Å². The van der Waals surface area contributed by atoms with E-state index in [2.05, 4.69) is 4.72 Å². The molecule has 0 amide bonds. The first-order chi connectivity index (χ1) is 13.2. The fourth-order valence-corrected chi connectivity index (χ4v) is 3.34. The maximum atomic E-state index is 13.3. The van der Waals surface area contributed by atoms with Crippen LogP contribution in [0.2, 0.25) is 0 Å². The number of fused-ring (bicyclic) bond motifs is 1. The van der Waals surface area contributed by atoms with E-state index in [-0.39, 0.29) is 35.0 Å². The zero-order valence-electron chi connectivity index (χ0n) is 15.4. The summed E-state index contributed by atoms with van der Waals surface area (Å²) in [6.07, 6.45) is 1.01. The lowest BCUT2D eigenvalue weighted by Crippen LogP contribution is -2.10. The van der Waals surface area contributed by atoms with Gasteiger partial charge in [-0.3, -0.25) is 4.72 Å². The van der Waals surface area contributed by atoms with E-state index >= 15 is 0 Å². The number of hydrogen-bond acceptors (Lipinski definition) is 6. The average Bonchev–Trinajstić information content (AvgIpc) is 2.98. The Kier molecular flexibility index (Phi) is 5.28. The van der Waals surface area contributed by atoms with Crippen molar-refractivity contribution >= 4 is 32.6 Å². The topological polar surface area (TPSA) is 94.8 Å². The molecule has 0 spiro atoms. The van der Waals surface area contributed by atoms with E-state index in [1.165, 1.54) is 43.5 Å². The molecule has 2 aromatic carbocycles. The Labute approximate surface area is 161 Å². The van der Waals surface area contributed by atoms with Crippen LogP contribution in [0.5, 0.6) is 5.75 Å². The van der Waals surface area contributed by atoms with E-state index in [0.717, 1.165) is 6.26 Å². The van der Waals surface area contributed by atoms with Gasteiger partial charge in [0.05, 0.1) is 25.7 Å². The summed E-state index contributed by atoms with van der Waals surface area (Å²) in [6, 6.07) is 8.35. The molecule has 0 saturated carbocycles. The molecule has 148 valence electrons. The SMILES string of the molecule is CCOC(=O)c1c(-c2ccc(F)cc2)oc2cc(NS(C)(=O)=O)c(OC)cc12. The van der Waals surface area contributed by atoms with Gasteiger partial charge in [0.2, 0.25) is 10.0 Å². The predicted molar refractivity (Wildman–Crippen MR) is 103 cm³/mol. The van der Waals surface area contributed by atoms with Gasteiger partial charge >= 0.3 is 5.97 Å². The molecule has 0 radical (unpaired) electrons. The minimum absolute atomic E-state index is 0.146. The summed E-state index contributed by atoms with van der Waals surface area (Å²) in [5, 5.41) is 0.383. The van der Waals surface area contributed by atoms with Gasteiger partial charge in [0, 0.05) is 17.0 Å². The highest BCUT2D eigenvalue weighted by Gasteiger charge is 2.25. The van der Waals surface area contributed by atoms with Crippen LogP contribution in [0, 0.1) is 5.82 Å². The number of benzene rings is 2. The van der Waals surface area contributed by atoms with E-state index in [4.69, 9.17) is 13.9 Å². The van der Waals surface area contributed by atoms with Crippen LogP contribution in [0.15, 0.2) is 40.8 Å². The molecule has 0 fully saturated rings. The largest absolute Gasteiger partial charge is 0.495 e. The maximum Gasteiger partial charge on any atom is 0.342 e. The molecule has 3 rings (SSSR count). The number of carbonyl (C=O) groups excluding carboxylic acids is 1. The van der Waals surface area contributed by atoms with Crippen LogP contribution in [-0.4, -0.2) is 34.4 Å². The van der Waals surface area contributed by atoms with Gasteiger partial charge in [0.25, 0.3) is 0 Å². The van der Waals surface area contributed by atoms with Crippen molar-refractivity contribution in [1.82, 2.24) is 0 Å². The molecule has 0 bridgehead atoms. The zero-order chi connectivity index (χ0) is 20.5. The molecule has 1 N–H and O–H groups in total. The Morgan fingerprint density at radius 3 is 2.46 bits per heavy atom. The Morgan fingerprint density at radius 1 is 1.21 bits per heavy atom. The second kappa shape index (κ2) is 7.51. The van der Waals surface area contributed by atoms with Crippen molar-refractivity contribution in [3.8, 4) is 17.1 Å². The second-order valence-electron chi connectivity index (χ2n) is 5.96. The number of halogens is 1. The summed E-state index contributed by atoms with van der Waals surface area (Å²) in [4.78, 5) is 12.6. The van der Waals surface area contributed by atoms with Gasteiger partial charge in [0.15, 0.2) is 0 Å². The summed E-state index contributed by atoms with van der Waals surface area (Å²) in [5.74, 6) is -0.660. The summed E-state index contributed by atoms with van der Waals surface area (Å²) in [7, 11) is -2.19. The summed E-state index contributed by atoms with van der Waals surface area (Å²) < 4.78 is 55.1. The first kappa shape index (κ1) is 19.7. The van der Waals surface area contributed by atoms with Gasteiger partial charge in [-0.25, -0.2) is 17.6 Å². The highest BCUT2D eigenvalue weighted by molar-refractivity contribution is 7.92. The first-order valence-electron chi connectivity index (χ1n) is 8.29. The number of ether oxygens (including phenoxy) is 2. The van der Waals surface area contributed by atoms with Crippen LogP contribution >= 0.6 is 0 Å². The number of sulfonamides is 1. The van der Waals surface area contributed by atoms with Crippen molar-refractivity contribution in [1.29, 1.82) is 0 Å². The third-order valence-corrected chi connectivity index (χ3v) is 4.48. The number of nitrogens with one attached hydrogen (secondary N) is 1. The lowest BCUT2D eigenvalue weighted by molar-refractivity contribution is 0.0528. The lowest BCUT2D eigenvalue weighted by atomic mass is 10.0. The highest BCUT2D eigenvalue weighted by atomic mass is 32.2. The molecule has 0 aliphatic carbocycles. The van der Waals surface area contributed by atoms with Crippen LogP contribution in [-0.2, 0) is 14.8 Å². The number of rotatable bonds is 6. The van der Waals surface area contributed by atoms with Gasteiger partial charge in [0.1, 0.15) is 28.5 Å². The summed E-state index contributed by atoms with van der Waals surface area (Å²) >= 11 is 0. The molecule has 1 aromatic heterocycles. The van der Waals surface area contributed by atoms with E-state index in [0.29, 0.717) is 10.9 Å². The maximum absolute atomic E-state index is 13.3. The van der Waals surface area contributed by atoms with E-state index in [9.17, 15) is 17.6 Å². The minimum Gasteiger partial charge on any atom is -0.495 e. The third-order valence-electron chi connectivity index (χ3n) is 3.89. The molecular weight excluding hydrogens is 389 g/mol. The molecule has 0 saturated heterocycles. The quantitative estimate of drug-likeness (QED) is 0.625. The van der Waals surface area contributed by atoms with Crippen molar-refractivity contribution in [2.45, 2.75) is 6.92 Å². The molecule has 0 aliphatic rings. The molecule has 0 atom stereocenters. The van der Waals surface area contributed by atoms with E-state index in [1.54, 1.807) is 6.92 Å². The number of hydrogen-bond donors (Lipinski definition) is 1. The van der Waals surface area contributed by atoms with Crippen molar-refractivity contribution in [3.63, 3.8) is 0 Å². The van der Waals surface area contributed by atoms with Crippen LogP contribution in [0.3, 0.4) is 0 Å². The highest BCUT2D eigenvalue weighted by Crippen LogP contribution is 2.39. The third kappa shape index (κ3) is 3.94. The molecular formula is C19H18FNO6S. The van der Waals surface area contributed by atoms with Gasteiger partial charge in [-0.1, -0.05) is 0 Å². The molecule has 9 heteroatoms. The van der Waals surface area contributed by atoms with Gasteiger partial charge in [-0.2, -0.15) is 0 Å². The van der Waals surface area contributed by atoms with Crippen molar-refractivity contribution < 1.29 is 31.5 Å². The standard InChI is InChI=1S/C19H18FNO6S/c1-4-26-19(22)17-13-9-16(25-2)14(21-28(3,23)24)10-15(13)27-18(17)11-5-7-12(20)8-6-11/h5-10,21H,4H2,1-3H3. The molecule has 7 nitrogen and oxygen atoms in total. The lowest BCUT2D eigenvalue weighted by Gasteiger charge is -2.09. The Balaban J connectivity index is 2.28. The van der Waals surface area contributed by atoms with Crippen LogP contribution < -0.4 is 9.46 Å². The Bertz CT molecular complexity index is 1140. The number of methoxy groups -OCH3 is 1. The van der Waals surface area contributed by atoms with Crippen LogP contribution in [0.25, 0.3) is 22.3 Å². The van der Waals surface area contributed by atoms with Crippen molar-refractivity contribution in [2.24, 2.45) is 0 Å². The fraction of sp³-hybridized carbons (Fsp3) is 0.211. The average molecular weight is 407 g/mol. The van der Waals surface area contributed by atoms with Crippen molar-refractivity contribution in [3.05, 3.63) is 47.8 Å². The molecule has 0 aliphatic heterocycles. The first-order valence-corrected chi connectivity index (χ1v) is 10.2. The monoisotopic (exact) mass is 407 g/mol. The van der Waals surface area contributed by atoms with Crippen LogP contribution in [0.4, 0.5) is 10.1 Å². The number of esters is 1. The smallest absolute Gasteiger partial charge is 0.342 e. The number of anilines is 1. The summed E-state index contributed by atoms with van der Waals surface area (Å²) in [6.45, 7) is 1.83. The summed E-state index contributed by atoms with van der Waals surface area (Å²) in [5.41, 5.74) is 1.02. The van der Waals surface area contributed by atoms with E-state index in [1.807, 2.05) is 0 Å². The normalized spacial score (nSPS) is 11.4. The fourth-order valence-electron chi connectivity index (χ4n) is 2.78. The molecule has 0 unspecified atom stereocenters. The minimum atomic E-state index is -3.57. The van der Waals surface area contributed by atoms with Gasteiger partial charge < -0.3 is 13.9 Å². The van der Waals surface area contributed by atoms with Gasteiger partial charge in [-0.15, -0.1) is 0 Å². The number of furan rings is 1. The van der Waals surface area contributed by atoms with E-state index < -0.39 is 21.8 Å². The second-order valence-corrected chi connectivity index (χ2v) is 7.70. The molecule has 1 heterocycles. The predicted octanol–water partition coefficient (Wildman–Crippen LogP) is 3.80. The van der Waals surface area contributed by atoms with Crippen LogP contribution in [0.1, 0.15) is 17.3 Å². The van der Waals surface area contributed by atoms with Crippen molar-refractivity contribution in [2.75, 3.05) is 24.7 Å². The Hall–Kier alpha value is -3.07.